The molecule has 3 nitrogen and oxygen atoms in total. The Morgan fingerprint density at radius 3 is 2.57 bits per heavy atom. The topological polar surface area (TPSA) is 57.5 Å². The molecule has 2 N–H and O–H groups in total. The Bertz CT molecular complexity index is 557. The van der Waals surface area contributed by atoms with E-state index in [-0.39, 0.29) is 11.8 Å². The van der Waals surface area contributed by atoms with Crippen molar-refractivity contribution in [3.8, 4) is 0 Å². The van der Waals surface area contributed by atoms with Crippen molar-refractivity contribution in [1.82, 2.24) is 0 Å². The van der Waals surface area contributed by atoms with Gasteiger partial charge >= 0.3 is 5.97 Å². The van der Waals surface area contributed by atoms with Crippen LogP contribution < -0.4 is 0 Å². The van der Waals surface area contributed by atoms with Gasteiger partial charge in [0.2, 0.25) is 0 Å². The zero-order chi connectivity index (χ0) is 16.8. The Kier molecular flexibility index (Phi) is 4.20. The minimum absolute atomic E-state index is 0.225. The highest BCUT2D eigenvalue weighted by molar-refractivity contribution is 5.86. The van der Waals surface area contributed by atoms with E-state index in [1.807, 2.05) is 6.08 Å². The quantitative estimate of drug-likeness (QED) is 0.708. The van der Waals surface area contributed by atoms with Gasteiger partial charge in [-0.25, -0.2) is 4.79 Å². The average Bonchev–Trinajstić information content (AvgIpc) is 2.41. The summed E-state index contributed by atoms with van der Waals surface area (Å²) >= 11 is 0. The number of allylic oxidation sites excluding steroid dienone is 2. The van der Waals surface area contributed by atoms with E-state index in [1.54, 1.807) is 0 Å². The standard InChI is InChI=1S/C20H30O3/c1-19(2)9-4-10-20(3)16-7-5-14(18(22)23)12-15(21)11-13(16)6-8-17(19)20/h5-6,15-17,21H,4,7-12H2,1-3H3,(H,22,23)/t15-,16+,17+,20-/m1/s1. The van der Waals surface area contributed by atoms with Crippen LogP contribution in [-0.2, 0) is 4.79 Å². The van der Waals surface area contributed by atoms with Crippen LogP contribution in [0.15, 0.2) is 23.3 Å². The largest absolute Gasteiger partial charge is 0.478 e. The molecule has 128 valence electrons. The summed E-state index contributed by atoms with van der Waals surface area (Å²) in [5.74, 6) is 0.152. The molecule has 0 unspecified atom stereocenters. The fourth-order valence-corrected chi connectivity index (χ4v) is 5.77. The van der Waals surface area contributed by atoms with Crippen LogP contribution in [0.2, 0.25) is 0 Å². The summed E-state index contributed by atoms with van der Waals surface area (Å²) in [6.45, 7) is 7.20. The molecule has 0 aromatic rings. The molecule has 3 aliphatic carbocycles. The first-order valence-electron chi connectivity index (χ1n) is 9.03. The van der Waals surface area contributed by atoms with Crippen molar-refractivity contribution in [2.45, 2.75) is 71.8 Å². The van der Waals surface area contributed by atoms with Gasteiger partial charge in [-0.1, -0.05) is 44.9 Å². The Morgan fingerprint density at radius 2 is 1.87 bits per heavy atom. The van der Waals surface area contributed by atoms with E-state index in [9.17, 15) is 15.0 Å². The lowest BCUT2D eigenvalue weighted by molar-refractivity contribution is -0.133. The maximum Gasteiger partial charge on any atom is 0.331 e. The van der Waals surface area contributed by atoms with E-state index in [2.05, 4.69) is 26.8 Å². The monoisotopic (exact) mass is 318 g/mol. The van der Waals surface area contributed by atoms with Gasteiger partial charge in [-0.2, -0.15) is 0 Å². The van der Waals surface area contributed by atoms with Crippen LogP contribution >= 0.6 is 0 Å². The van der Waals surface area contributed by atoms with Crippen LogP contribution in [0.25, 0.3) is 0 Å². The number of aliphatic hydroxyl groups is 1. The van der Waals surface area contributed by atoms with Gasteiger partial charge < -0.3 is 10.2 Å². The average molecular weight is 318 g/mol. The molecule has 1 saturated carbocycles. The predicted octanol–water partition coefficient (Wildman–Crippen LogP) is 4.32. The number of carbonyl (C=O) groups is 1. The third-order valence-electron chi connectivity index (χ3n) is 6.94. The zero-order valence-electron chi connectivity index (χ0n) is 14.6. The normalized spacial score (nSPS) is 39.9. The summed E-state index contributed by atoms with van der Waals surface area (Å²) in [6.07, 6.45) is 10.3. The molecule has 0 bridgehead atoms. The molecular weight excluding hydrogens is 288 g/mol. The number of carboxylic acid groups (broad SMARTS) is 1. The van der Waals surface area contributed by atoms with E-state index < -0.39 is 12.1 Å². The number of aliphatic hydroxyl groups excluding tert-OH is 1. The van der Waals surface area contributed by atoms with E-state index in [0.29, 0.717) is 29.2 Å². The van der Waals surface area contributed by atoms with Gasteiger partial charge in [-0.05, 0) is 54.8 Å². The van der Waals surface area contributed by atoms with Crippen molar-refractivity contribution in [3.63, 3.8) is 0 Å². The van der Waals surface area contributed by atoms with Crippen molar-refractivity contribution in [3.05, 3.63) is 23.3 Å². The molecule has 0 heterocycles. The third kappa shape index (κ3) is 2.88. The van der Waals surface area contributed by atoms with Crippen LogP contribution in [0.4, 0.5) is 0 Å². The lowest BCUT2D eigenvalue weighted by Crippen LogP contribution is -2.49. The first kappa shape index (κ1) is 16.8. The SMILES string of the molecule is CC1(C)CCC[C@]2(C)[C@H]3CC=C(C(=O)O)C[C@H](O)CC3=CC[C@@H]12. The van der Waals surface area contributed by atoms with Crippen molar-refractivity contribution < 1.29 is 15.0 Å². The summed E-state index contributed by atoms with van der Waals surface area (Å²) in [5.41, 5.74) is 2.32. The fraction of sp³-hybridized carbons (Fsp3) is 0.750. The van der Waals surface area contributed by atoms with E-state index in [1.165, 1.54) is 24.8 Å². The van der Waals surface area contributed by atoms with Gasteiger partial charge in [0, 0.05) is 12.0 Å². The Balaban J connectivity index is 1.99. The number of aliphatic carboxylic acids is 1. The number of carboxylic acids is 1. The molecule has 3 aliphatic rings. The minimum Gasteiger partial charge on any atom is -0.478 e. The molecule has 3 heteroatoms. The van der Waals surface area contributed by atoms with Crippen molar-refractivity contribution in [2.24, 2.45) is 22.7 Å². The molecule has 4 atom stereocenters. The van der Waals surface area contributed by atoms with Crippen LogP contribution in [0.1, 0.15) is 65.7 Å². The highest BCUT2D eigenvalue weighted by Gasteiger charge is 2.52. The number of rotatable bonds is 1. The summed E-state index contributed by atoms with van der Waals surface area (Å²) in [7, 11) is 0. The maximum atomic E-state index is 11.4. The van der Waals surface area contributed by atoms with E-state index in [0.717, 1.165) is 12.8 Å². The van der Waals surface area contributed by atoms with Gasteiger partial charge in [-0.3, -0.25) is 0 Å². The molecule has 0 saturated heterocycles. The Morgan fingerprint density at radius 1 is 1.13 bits per heavy atom. The summed E-state index contributed by atoms with van der Waals surface area (Å²) in [4.78, 5) is 11.4. The number of hydrogen-bond acceptors (Lipinski definition) is 2. The van der Waals surface area contributed by atoms with Crippen molar-refractivity contribution in [2.75, 3.05) is 0 Å². The van der Waals surface area contributed by atoms with Gasteiger partial charge in [-0.15, -0.1) is 0 Å². The number of fused-ring (bicyclic) bond motifs is 3. The first-order valence-corrected chi connectivity index (χ1v) is 9.03. The second kappa shape index (κ2) is 5.77. The third-order valence-corrected chi connectivity index (χ3v) is 6.94. The van der Waals surface area contributed by atoms with Gasteiger partial charge in [0.05, 0.1) is 6.10 Å². The highest BCUT2D eigenvalue weighted by Crippen LogP contribution is 2.61. The lowest BCUT2D eigenvalue weighted by Gasteiger charge is -2.57. The molecule has 0 aromatic carbocycles. The minimum atomic E-state index is -0.877. The molecule has 0 aromatic heterocycles. The van der Waals surface area contributed by atoms with Gasteiger partial charge in [0.1, 0.15) is 0 Å². The molecule has 0 amide bonds. The van der Waals surface area contributed by atoms with Crippen molar-refractivity contribution >= 4 is 5.97 Å². The maximum absolute atomic E-state index is 11.4. The second-order valence-electron chi connectivity index (χ2n) is 8.80. The molecule has 23 heavy (non-hydrogen) atoms. The molecule has 0 spiro atoms. The van der Waals surface area contributed by atoms with Gasteiger partial charge in [0.25, 0.3) is 0 Å². The zero-order valence-corrected chi connectivity index (χ0v) is 14.6. The van der Waals surface area contributed by atoms with Crippen LogP contribution in [-0.4, -0.2) is 22.3 Å². The van der Waals surface area contributed by atoms with Crippen LogP contribution in [0.3, 0.4) is 0 Å². The number of hydrogen-bond donors (Lipinski definition) is 2. The molecule has 0 radical (unpaired) electrons. The highest BCUT2D eigenvalue weighted by atomic mass is 16.4. The van der Waals surface area contributed by atoms with E-state index >= 15 is 0 Å². The molecule has 3 rings (SSSR count). The van der Waals surface area contributed by atoms with Gasteiger partial charge in [0.15, 0.2) is 0 Å². The summed E-state index contributed by atoms with van der Waals surface area (Å²) < 4.78 is 0. The molecule has 0 aliphatic heterocycles. The Labute approximate surface area is 139 Å². The molecular formula is C20H30O3. The summed E-state index contributed by atoms with van der Waals surface area (Å²) in [5, 5.41) is 19.7. The van der Waals surface area contributed by atoms with E-state index in [4.69, 9.17) is 0 Å². The Hall–Kier alpha value is -1.09. The first-order chi connectivity index (χ1) is 10.7. The molecule has 1 fully saturated rings. The predicted molar refractivity (Wildman–Crippen MR) is 91.0 cm³/mol. The fourth-order valence-electron chi connectivity index (χ4n) is 5.77. The summed E-state index contributed by atoms with van der Waals surface area (Å²) in [6, 6.07) is 0. The van der Waals surface area contributed by atoms with Crippen LogP contribution in [0, 0.1) is 22.7 Å². The van der Waals surface area contributed by atoms with Crippen LogP contribution in [0.5, 0.6) is 0 Å². The smallest absolute Gasteiger partial charge is 0.331 e. The second-order valence-corrected chi connectivity index (χ2v) is 8.80. The lowest BCUT2D eigenvalue weighted by atomic mass is 9.47. The van der Waals surface area contributed by atoms with Crippen molar-refractivity contribution in [1.29, 1.82) is 0 Å².